The molecule has 118 valence electrons. The van der Waals surface area contributed by atoms with E-state index in [1.807, 2.05) is 0 Å². The van der Waals surface area contributed by atoms with E-state index in [0.29, 0.717) is 0 Å². The van der Waals surface area contributed by atoms with Gasteiger partial charge in [-0.25, -0.2) is 0 Å². The molecule has 0 spiro atoms. The zero-order valence-corrected chi connectivity index (χ0v) is 13.7. The summed E-state index contributed by atoms with van der Waals surface area (Å²) in [7, 11) is 0. The molecule has 0 saturated heterocycles. The van der Waals surface area contributed by atoms with Crippen molar-refractivity contribution < 1.29 is 9.47 Å². The molecule has 0 aromatic heterocycles. The Kier molecular flexibility index (Phi) is 6.52. The molecule has 1 aromatic rings. The fourth-order valence-corrected chi connectivity index (χ4v) is 3.17. The van der Waals surface area contributed by atoms with Crippen molar-refractivity contribution in [2.75, 3.05) is 19.8 Å². The SMILES string of the molecule is CCCC(OCC)C(NCC)c1cccc2c1OCCC2. The zero-order chi connectivity index (χ0) is 15.1. The number of ether oxygens (including phenoxy) is 2. The van der Waals surface area contributed by atoms with E-state index in [-0.39, 0.29) is 12.1 Å². The van der Waals surface area contributed by atoms with Gasteiger partial charge in [-0.15, -0.1) is 0 Å². The van der Waals surface area contributed by atoms with Crippen LogP contribution in [-0.2, 0) is 11.2 Å². The van der Waals surface area contributed by atoms with Crippen LogP contribution in [0.1, 0.15) is 57.2 Å². The summed E-state index contributed by atoms with van der Waals surface area (Å²) in [6.45, 7) is 8.95. The molecule has 1 heterocycles. The van der Waals surface area contributed by atoms with E-state index in [2.05, 4.69) is 44.3 Å². The minimum Gasteiger partial charge on any atom is -0.493 e. The van der Waals surface area contributed by atoms with Crippen molar-refractivity contribution in [1.82, 2.24) is 5.32 Å². The lowest BCUT2D eigenvalue weighted by atomic mass is 9.93. The lowest BCUT2D eigenvalue weighted by Gasteiger charge is -2.31. The van der Waals surface area contributed by atoms with E-state index < -0.39 is 0 Å². The smallest absolute Gasteiger partial charge is 0.127 e. The number of para-hydroxylation sites is 1. The summed E-state index contributed by atoms with van der Waals surface area (Å²) in [5.74, 6) is 1.09. The second kappa shape index (κ2) is 8.40. The van der Waals surface area contributed by atoms with Gasteiger partial charge in [-0.3, -0.25) is 0 Å². The first-order valence-electron chi connectivity index (χ1n) is 8.41. The van der Waals surface area contributed by atoms with Crippen LogP contribution in [0.15, 0.2) is 18.2 Å². The van der Waals surface area contributed by atoms with Crippen molar-refractivity contribution in [2.24, 2.45) is 0 Å². The summed E-state index contributed by atoms with van der Waals surface area (Å²) >= 11 is 0. The predicted octanol–water partition coefficient (Wildman–Crippen LogP) is 3.87. The van der Waals surface area contributed by atoms with Crippen molar-refractivity contribution >= 4 is 0 Å². The fraction of sp³-hybridized carbons (Fsp3) is 0.667. The summed E-state index contributed by atoms with van der Waals surface area (Å²) in [5.41, 5.74) is 2.61. The maximum Gasteiger partial charge on any atom is 0.127 e. The third kappa shape index (κ3) is 3.98. The van der Waals surface area contributed by atoms with E-state index >= 15 is 0 Å². The molecule has 2 rings (SSSR count). The van der Waals surface area contributed by atoms with E-state index in [4.69, 9.17) is 9.47 Å². The summed E-state index contributed by atoms with van der Waals surface area (Å²) in [6.07, 6.45) is 4.63. The molecule has 0 saturated carbocycles. The van der Waals surface area contributed by atoms with Gasteiger partial charge < -0.3 is 14.8 Å². The number of aryl methyl sites for hydroxylation is 1. The van der Waals surface area contributed by atoms with Crippen molar-refractivity contribution in [3.8, 4) is 5.75 Å². The Morgan fingerprint density at radius 1 is 1.29 bits per heavy atom. The monoisotopic (exact) mass is 291 g/mol. The zero-order valence-electron chi connectivity index (χ0n) is 13.7. The van der Waals surface area contributed by atoms with Gasteiger partial charge in [0.2, 0.25) is 0 Å². The van der Waals surface area contributed by atoms with Crippen LogP contribution in [0, 0.1) is 0 Å². The van der Waals surface area contributed by atoms with Crippen molar-refractivity contribution in [2.45, 2.75) is 58.6 Å². The quantitative estimate of drug-likeness (QED) is 0.788. The molecule has 3 heteroatoms. The lowest BCUT2D eigenvalue weighted by Crippen LogP contribution is -2.34. The van der Waals surface area contributed by atoms with Gasteiger partial charge in [0.05, 0.1) is 18.8 Å². The number of hydrogen-bond donors (Lipinski definition) is 1. The molecular weight excluding hydrogens is 262 g/mol. The summed E-state index contributed by atoms with van der Waals surface area (Å²) in [5, 5.41) is 3.61. The molecule has 0 bridgehead atoms. The highest BCUT2D eigenvalue weighted by atomic mass is 16.5. The Morgan fingerprint density at radius 2 is 2.14 bits per heavy atom. The highest BCUT2D eigenvalue weighted by Crippen LogP contribution is 2.35. The average molecular weight is 291 g/mol. The molecule has 0 radical (unpaired) electrons. The van der Waals surface area contributed by atoms with Crippen LogP contribution < -0.4 is 10.1 Å². The molecule has 2 atom stereocenters. The van der Waals surface area contributed by atoms with E-state index in [0.717, 1.165) is 51.2 Å². The third-order valence-corrected chi connectivity index (χ3v) is 4.05. The molecule has 1 aromatic carbocycles. The standard InChI is InChI=1S/C18H29NO2/c1-4-9-16(20-6-3)17(19-5-2)15-12-7-10-14-11-8-13-21-18(14)15/h7,10,12,16-17,19H,4-6,8-9,11,13H2,1-3H3. The van der Waals surface area contributed by atoms with Crippen molar-refractivity contribution in [3.05, 3.63) is 29.3 Å². The van der Waals surface area contributed by atoms with Gasteiger partial charge in [-0.2, -0.15) is 0 Å². The molecule has 3 nitrogen and oxygen atoms in total. The molecule has 1 N–H and O–H groups in total. The highest BCUT2D eigenvalue weighted by molar-refractivity contribution is 5.45. The summed E-state index contributed by atoms with van der Waals surface area (Å²) in [6, 6.07) is 6.75. The van der Waals surface area contributed by atoms with Gasteiger partial charge in [-0.05, 0) is 38.3 Å². The van der Waals surface area contributed by atoms with Gasteiger partial charge in [-0.1, -0.05) is 38.5 Å². The lowest BCUT2D eigenvalue weighted by molar-refractivity contribution is 0.0271. The van der Waals surface area contributed by atoms with Crippen LogP contribution in [0.4, 0.5) is 0 Å². The normalized spacial score (nSPS) is 16.9. The fourth-order valence-electron chi connectivity index (χ4n) is 3.17. The van der Waals surface area contributed by atoms with E-state index in [1.165, 1.54) is 11.1 Å². The first-order chi connectivity index (χ1) is 10.3. The van der Waals surface area contributed by atoms with Gasteiger partial charge >= 0.3 is 0 Å². The first-order valence-corrected chi connectivity index (χ1v) is 8.41. The van der Waals surface area contributed by atoms with Crippen LogP contribution in [0.25, 0.3) is 0 Å². The molecule has 1 aliphatic heterocycles. The Morgan fingerprint density at radius 3 is 2.86 bits per heavy atom. The molecule has 1 aliphatic rings. The van der Waals surface area contributed by atoms with E-state index in [1.54, 1.807) is 0 Å². The Balaban J connectivity index is 2.32. The molecule has 0 amide bonds. The third-order valence-electron chi connectivity index (χ3n) is 4.05. The van der Waals surface area contributed by atoms with Crippen LogP contribution >= 0.6 is 0 Å². The highest BCUT2D eigenvalue weighted by Gasteiger charge is 2.27. The average Bonchev–Trinajstić information content (AvgIpc) is 2.52. The number of benzene rings is 1. The Bertz CT molecular complexity index is 427. The van der Waals surface area contributed by atoms with Gasteiger partial charge in [0.15, 0.2) is 0 Å². The van der Waals surface area contributed by atoms with Crippen LogP contribution in [-0.4, -0.2) is 25.9 Å². The van der Waals surface area contributed by atoms with Gasteiger partial charge in [0.1, 0.15) is 5.75 Å². The van der Waals surface area contributed by atoms with Gasteiger partial charge in [0.25, 0.3) is 0 Å². The molecule has 21 heavy (non-hydrogen) atoms. The molecule has 2 unspecified atom stereocenters. The second-order valence-electron chi connectivity index (χ2n) is 5.61. The summed E-state index contributed by atoms with van der Waals surface area (Å²) < 4.78 is 12.0. The first kappa shape index (κ1) is 16.3. The number of hydrogen-bond acceptors (Lipinski definition) is 3. The van der Waals surface area contributed by atoms with Crippen LogP contribution in [0.2, 0.25) is 0 Å². The molecule has 0 fully saturated rings. The van der Waals surface area contributed by atoms with Crippen molar-refractivity contribution in [1.29, 1.82) is 0 Å². The topological polar surface area (TPSA) is 30.5 Å². The molecule has 0 aliphatic carbocycles. The number of fused-ring (bicyclic) bond motifs is 1. The Hall–Kier alpha value is -1.06. The molecular formula is C18H29NO2. The summed E-state index contributed by atoms with van der Waals surface area (Å²) in [4.78, 5) is 0. The Labute approximate surface area is 129 Å². The minimum atomic E-state index is 0.206. The number of likely N-dealkylation sites (N-methyl/N-ethyl adjacent to an activating group) is 1. The van der Waals surface area contributed by atoms with Crippen LogP contribution in [0.5, 0.6) is 5.75 Å². The van der Waals surface area contributed by atoms with Gasteiger partial charge in [0, 0.05) is 12.2 Å². The number of rotatable bonds is 8. The maximum absolute atomic E-state index is 6.02. The second-order valence-corrected chi connectivity index (χ2v) is 5.61. The van der Waals surface area contributed by atoms with E-state index in [9.17, 15) is 0 Å². The van der Waals surface area contributed by atoms with Crippen molar-refractivity contribution in [3.63, 3.8) is 0 Å². The maximum atomic E-state index is 6.02. The number of nitrogens with one attached hydrogen (secondary N) is 1. The van der Waals surface area contributed by atoms with Crippen LogP contribution in [0.3, 0.4) is 0 Å². The largest absolute Gasteiger partial charge is 0.493 e. The minimum absolute atomic E-state index is 0.206. The predicted molar refractivity (Wildman–Crippen MR) is 87.0 cm³/mol.